The van der Waals surface area contributed by atoms with Crippen LogP contribution in [0.15, 0.2) is 119 Å². The van der Waals surface area contributed by atoms with E-state index in [0.29, 0.717) is 25.0 Å². The van der Waals surface area contributed by atoms with Crippen LogP contribution < -0.4 is 9.47 Å². The van der Waals surface area contributed by atoms with Crippen molar-refractivity contribution in [1.82, 2.24) is 0 Å². The smallest absolute Gasteiger partial charge is 0.190 e. The zero-order chi connectivity index (χ0) is 45.0. The number of rotatable bonds is 22. The Hall–Kier alpha value is -3.90. The van der Waals surface area contributed by atoms with Crippen LogP contribution in [0.2, 0.25) is 0 Å². The predicted molar refractivity (Wildman–Crippen MR) is 281 cm³/mol. The lowest BCUT2D eigenvalue weighted by molar-refractivity contribution is -0.109. The maximum absolute atomic E-state index is 11.6. The van der Waals surface area contributed by atoms with Gasteiger partial charge in [-0.1, -0.05) is 114 Å². The first-order chi connectivity index (χ1) is 31.1. The fourth-order valence-electron chi connectivity index (χ4n) is 7.58. The molecule has 0 fully saturated rings. The van der Waals surface area contributed by atoms with Crippen molar-refractivity contribution < 1.29 is 19.1 Å². The second kappa shape index (κ2) is 23.5. The number of benzene rings is 3. The number of thioether (sulfide) groups is 2. The number of carbonyl (C=O) groups excluding carboxylic acids is 2. The van der Waals surface area contributed by atoms with E-state index in [9.17, 15) is 9.59 Å². The van der Waals surface area contributed by atoms with Crippen molar-refractivity contribution in [1.29, 1.82) is 0 Å². The van der Waals surface area contributed by atoms with Crippen LogP contribution in [-0.4, -0.2) is 23.4 Å². The molecule has 0 bridgehead atoms. The predicted octanol–water partition coefficient (Wildman–Crippen LogP) is 18.4. The van der Waals surface area contributed by atoms with E-state index in [4.69, 9.17) is 9.47 Å². The van der Waals surface area contributed by atoms with Crippen LogP contribution in [0.4, 0.5) is 0 Å². The Kier molecular flexibility index (Phi) is 17.7. The summed E-state index contributed by atoms with van der Waals surface area (Å²) in [5, 5.41) is 0.187. The molecular weight excluding hydrogens is 905 g/mol. The van der Waals surface area contributed by atoms with Gasteiger partial charge < -0.3 is 9.47 Å². The molecule has 64 heavy (non-hydrogen) atoms. The molecule has 4 nitrogen and oxygen atoms in total. The van der Waals surface area contributed by atoms with E-state index in [2.05, 4.69) is 113 Å². The van der Waals surface area contributed by atoms with Crippen LogP contribution in [0.25, 0.3) is 61.3 Å². The summed E-state index contributed by atoms with van der Waals surface area (Å²) in [7, 11) is 0. The number of hydrogen-bond donors (Lipinski definition) is 0. The van der Waals surface area contributed by atoms with Gasteiger partial charge in [-0.3, -0.25) is 9.59 Å². The van der Waals surface area contributed by atoms with Gasteiger partial charge in [0.05, 0.1) is 13.2 Å². The van der Waals surface area contributed by atoms with Gasteiger partial charge in [-0.25, -0.2) is 0 Å². The van der Waals surface area contributed by atoms with Crippen molar-refractivity contribution in [2.24, 2.45) is 11.8 Å². The van der Waals surface area contributed by atoms with Gasteiger partial charge in [0.15, 0.2) is 10.2 Å². The summed E-state index contributed by atoms with van der Waals surface area (Å²) in [5.41, 5.74) is 4.45. The molecule has 0 aliphatic carbocycles. The van der Waals surface area contributed by atoms with Gasteiger partial charge in [0.1, 0.15) is 11.5 Å². The van der Waals surface area contributed by atoms with Gasteiger partial charge in [0.2, 0.25) is 0 Å². The third-order valence-corrected chi connectivity index (χ3v) is 17.8. The van der Waals surface area contributed by atoms with Crippen molar-refractivity contribution in [2.45, 2.75) is 103 Å². The number of carbonyl (C=O) groups is 2. The van der Waals surface area contributed by atoms with Crippen LogP contribution in [0.1, 0.15) is 92.9 Å². The molecule has 7 rings (SSSR count). The highest BCUT2D eigenvalue weighted by Gasteiger charge is 2.22. The molecule has 0 spiro atoms. The summed E-state index contributed by atoms with van der Waals surface area (Å²) < 4.78 is 13.9. The van der Waals surface area contributed by atoms with Crippen molar-refractivity contribution in [2.75, 3.05) is 13.2 Å². The quantitative estimate of drug-likeness (QED) is 0.0631. The normalized spacial score (nSPS) is 12.3. The van der Waals surface area contributed by atoms with E-state index in [-0.39, 0.29) is 10.2 Å². The number of unbranched alkanes of at least 4 members (excludes halogenated alkanes) is 2. The summed E-state index contributed by atoms with van der Waals surface area (Å²) in [5.74, 6) is 2.78. The van der Waals surface area contributed by atoms with E-state index in [1.807, 2.05) is 24.3 Å². The Bertz CT molecular complexity index is 2410. The number of ether oxygens (including phenoxy) is 2. The molecule has 0 aliphatic rings. The zero-order valence-electron chi connectivity index (χ0n) is 37.7. The Balaban J connectivity index is 1.24. The molecule has 0 saturated heterocycles. The summed E-state index contributed by atoms with van der Waals surface area (Å²) in [4.78, 5) is 34.8. The Morgan fingerprint density at radius 2 is 0.797 bits per heavy atom. The lowest BCUT2D eigenvalue weighted by Crippen LogP contribution is -2.13. The Labute approximate surface area is 404 Å². The second-order valence-corrected chi connectivity index (χ2v) is 23.0. The third-order valence-electron chi connectivity index (χ3n) is 11.4. The van der Waals surface area contributed by atoms with Gasteiger partial charge in [-0.15, -0.1) is 45.3 Å². The highest BCUT2D eigenvalue weighted by molar-refractivity contribution is 8.13. The van der Waals surface area contributed by atoms with Crippen molar-refractivity contribution in [3.8, 4) is 72.8 Å². The van der Waals surface area contributed by atoms with Crippen molar-refractivity contribution in [3.63, 3.8) is 0 Å². The first-order valence-electron chi connectivity index (χ1n) is 22.6. The molecule has 0 aliphatic heterocycles. The van der Waals surface area contributed by atoms with E-state index in [1.165, 1.54) is 78.5 Å². The van der Waals surface area contributed by atoms with E-state index >= 15 is 0 Å². The van der Waals surface area contributed by atoms with Crippen molar-refractivity contribution >= 4 is 79.1 Å². The second-order valence-electron chi connectivity index (χ2n) is 16.2. The SMILES string of the molecule is CCCCC(CC)COc1cc(-c2ccc(-c3ccc(-c4ccc(SC(C)=O)cc4)s3)s2)c(OCC(CC)CCCC)cc1-c1ccc(-c2ccc(-c3ccc(SC(C)=O)cc3)s2)s1. The van der Waals surface area contributed by atoms with Crippen LogP contribution in [0, 0.1) is 11.8 Å². The van der Waals surface area contributed by atoms with Crippen LogP contribution in [0.3, 0.4) is 0 Å². The molecule has 334 valence electrons. The summed E-state index contributed by atoms with van der Waals surface area (Å²) in [6.45, 7) is 13.6. The number of thiophene rings is 4. The molecule has 0 amide bonds. The van der Waals surface area contributed by atoms with E-state index in [1.54, 1.807) is 59.2 Å². The minimum Gasteiger partial charge on any atom is -0.493 e. The maximum atomic E-state index is 11.6. The van der Waals surface area contributed by atoms with Gasteiger partial charge >= 0.3 is 0 Å². The van der Waals surface area contributed by atoms with Crippen LogP contribution in [0.5, 0.6) is 11.5 Å². The van der Waals surface area contributed by atoms with Gasteiger partial charge in [-0.2, -0.15) is 0 Å². The molecule has 0 radical (unpaired) electrons. The molecule has 4 aromatic heterocycles. The molecule has 2 atom stereocenters. The lowest BCUT2D eigenvalue weighted by Gasteiger charge is -2.21. The topological polar surface area (TPSA) is 52.6 Å². The minimum absolute atomic E-state index is 0.0935. The largest absolute Gasteiger partial charge is 0.493 e. The van der Waals surface area contributed by atoms with Crippen LogP contribution >= 0.6 is 68.9 Å². The maximum Gasteiger partial charge on any atom is 0.190 e. The number of hydrogen-bond acceptors (Lipinski definition) is 10. The standard InChI is InChI=1S/C54H58O4S6/c1-7-11-13-37(9-3)33-57-45-31-44(50-26-30-54(64-50)52-28-24-48(62-52)40-17-21-42(22-18-40)60-36(6)56)46(58-34-38(10-4)14-12-8-2)32-43(45)49-25-29-53(63-49)51-27-23-47(61-51)39-15-19-41(20-16-39)59-35(5)55/h15-32,37-38H,7-14,33-34H2,1-6H3. The van der Waals surface area contributed by atoms with E-state index < -0.39 is 0 Å². The molecule has 4 heterocycles. The van der Waals surface area contributed by atoms with Gasteiger partial charge in [0.25, 0.3) is 0 Å². The molecule has 3 aromatic carbocycles. The highest BCUT2D eigenvalue weighted by Crippen LogP contribution is 2.49. The first-order valence-corrected chi connectivity index (χ1v) is 27.5. The average Bonchev–Trinajstić information content (AvgIpc) is 4.15. The van der Waals surface area contributed by atoms with Gasteiger partial charge in [-0.05, 0) is 121 Å². The molecular formula is C54H58O4S6. The third kappa shape index (κ3) is 12.7. The Morgan fingerprint density at radius 3 is 1.12 bits per heavy atom. The fourth-order valence-corrected chi connectivity index (χ4v) is 13.0. The van der Waals surface area contributed by atoms with E-state index in [0.717, 1.165) is 79.0 Å². The lowest BCUT2D eigenvalue weighted by atomic mass is 10.00. The molecule has 7 aromatic rings. The van der Waals surface area contributed by atoms with Gasteiger partial charge in [0, 0.05) is 73.8 Å². The Morgan fingerprint density at radius 1 is 0.469 bits per heavy atom. The summed E-state index contributed by atoms with van der Waals surface area (Å²) >= 11 is 9.72. The first kappa shape index (κ1) is 48.0. The van der Waals surface area contributed by atoms with Crippen molar-refractivity contribution in [3.05, 3.63) is 109 Å². The zero-order valence-corrected chi connectivity index (χ0v) is 42.6. The van der Waals surface area contributed by atoms with Crippen LogP contribution in [-0.2, 0) is 9.59 Å². The average molecular weight is 963 g/mol. The minimum atomic E-state index is 0.0935. The molecule has 2 unspecified atom stereocenters. The molecule has 0 saturated carbocycles. The summed E-state index contributed by atoms with van der Waals surface area (Å²) in [6, 6.07) is 38.9. The summed E-state index contributed by atoms with van der Waals surface area (Å²) in [6.07, 6.45) is 9.26. The monoisotopic (exact) mass is 962 g/mol. The molecule has 0 N–H and O–H groups in total. The molecule has 10 heteroatoms. The fraction of sp³-hybridized carbons (Fsp3) is 0.333. The highest BCUT2D eigenvalue weighted by atomic mass is 32.2.